The fourth-order valence-corrected chi connectivity index (χ4v) is 1.71. The zero-order chi connectivity index (χ0) is 9.26. The minimum atomic E-state index is 0.919. The van der Waals surface area contributed by atoms with Crippen molar-refractivity contribution < 1.29 is 0 Å². The summed E-state index contributed by atoms with van der Waals surface area (Å²) in [5, 5.41) is 0. The Hall–Kier alpha value is -0.830. The molecule has 0 radical (unpaired) electrons. The van der Waals surface area contributed by atoms with Crippen molar-refractivity contribution in [1.29, 1.82) is 0 Å². The first-order chi connectivity index (χ1) is 6.27. The largest absolute Gasteiger partial charge is 0.358 e. The molecule has 0 aromatic heterocycles. The van der Waals surface area contributed by atoms with Crippen molar-refractivity contribution in [3.8, 4) is 0 Å². The van der Waals surface area contributed by atoms with Gasteiger partial charge in [0.15, 0.2) is 0 Å². The van der Waals surface area contributed by atoms with Crippen LogP contribution >= 0.6 is 15.9 Å². The molecule has 0 atom stereocenters. The van der Waals surface area contributed by atoms with Crippen molar-refractivity contribution in [3.63, 3.8) is 0 Å². The normalized spacial score (nSPS) is 16.2. The van der Waals surface area contributed by atoms with Gasteiger partial charge in [0.05, 0.1) is 6.54 Å². The minimum Gasteiger partial charge on any atom is -0.358 e. The van der Waals surface area contributed by atoms with Gasteiger partial charge in [0.1, 0.15) is 5.84 Å². The van der Waals surface area contributed by atoms with E-state index in [1.807, 2.05) is 12.1 Å². The van der Waals surface area contributed by atoms with Crippen LogP contribution in [0.25, 0.3) is 0 Å². The topological polar surface area (TPSA) is 15.6 Å². The summed E-state index contributed by atoms with van der Waals surface area (Å²) in [4.78, 5) is 6.63. The van der Waals surface area contributed by atoms with Crippen molar-refractivity contribution >= 4 is 21.8 Å². The third kappa shape index (κ3) is 1.75. The van der Waals surface area contributed by atoms with Gasteiger partial charge in [-0.3, -0.25) is 4.99 Å². The lowest BCUT2D eigenvalue weighted by Crippen LogP contribution is -2.23. The maximum Gasteiger partial charge on any atom is 0.130 e. The first kappa shape index (κ1) is 8.75. The molecule has 2 rings (SSSR count). The van der Waals surface area contributed by atoms with Gasteiger partial charge in [-0.25, -0.2) is 0 Å². The lowest BCUT2D eigenvalue weighted by molar-refractivity contribution is 0.557. The molecular weight excluding hydrogens is 228 g/mol. The quantitative estimate of drug-likeness (QED) is 0.733. The van der Waals surface area contributed by atoms with E-state index in [1.54, 1.807) is 0 Å². The smallest absolute Gasteiger partial charge is 0.130 e. The Balaban J connectivity index is 2.30. The molecule has 0 N–H and O–H groups in total. The van der Waals surface area contributed by atoms with Crippen molar-refractivity contribution in [2.24, 2.45) is 4.99 Å². The third-order valence-electron chi connectivity index (χ3n) is 2.16. The van der Waals surface area contributed by atoms with E-state index < -0.39 is 0 Å². The number of hydrogen-bond donors (Lipinski definition) is 0. The molecule has 1 aromatic rings. The van der Waals surface area contributed by atoms with Gasteiger partial charge in [-0.05, 0) is 12.1 Å². The number of benzene rings is 1. The fraction of sp³-hybridized carbons (Fsp3) is 0.300. The molecule has 0 fully saturated rings. The summed E-state index contributed by atoms with van der Waals surface area (Å²) < 4.78 is 1.11. The van der Waals surface area contributed by atoms with E-state index in [-0.39, 0.29) is 0 Å². The minimum absolute atomic E-state index is 0.919. The van der Waals surface area contributed by atoms with E-state index in [0.29, 0.717) is 0 Å². The van der Waals surface area contributed by atoms with Crippen molar-refractivity contribution in [2.45, 2.75) is 0 Å². The molecule has 2 nitrogen and oxygen atoms in total. The van der Waals surface area contributed by atoms with Crippen LogP contribution < -0.4 is 0 Å². The highest BCUT2D eigenvalue weighted by Crippen LogP contribution is 2.14. The number of likely N-dealkylation sites (N-methyl/N-ethyl adjacent to an activating group) is 1. The van der Waals surface area contributed by atoms with Crippen molar-refractivity contribution in [3.05, 3.63) is 34.3 Å². The monoisotopic (exact) mass is 238 g/mol. The fourth-order valence-electron chi connectivity index (χ4n) is 1.44. The predicted octanol–water partition coefficient (Wildman–Crippen LogP) is 2.14. The predicted molar refractivity (Wildman–Crippen MR) is 58.2 cm³/mol. The number of aliphatic imine (C=N–C) groups is 1. The average molecular weight is 239 g/mol. The van der Waals surface area contributed by atoms with Crippen LogP contribution in [0.1, 0.15) is 5.56 Å². The molecule has 1 heterocycles. The Morgan fingerprint density at radius 2 is 2.00 bits per heavy atom. The Kier molecular flexibility index (Phi) is 2.36. The van der Waals surface area contributed by atoms with Crippen molar-refractivity contribution in [1.82, 2.24) is 4.90 Å². The van der Waals surface area contributed by atoms with Gasteiger partial charge >= 0.3 is 0 Å². The second-order valence-electron chi connectivity index (χ2n) is 3.13. The van der Waals surface area contributed by atoms with E-state index in [1.165, 1.54) is 5.56 Å². The summed E-state index contributed by atoms with van der Waals surface area (Å²) in [5.41, 5.74) is 1.20. The summed E-state index contributed by atoms with van der Waals surface area (Å²) in [7, 11) is 2.08. The van der Waals surface area contributed by atoms with Crippen molar-refractivity contribution in [2.75, 3.05) is 20.1 Å². The molecule has 0 saturated heterocycles. The molecule has 0 bridgehead atoms. The summed E-state index contributed by atoms with van der Waals surface area (Å²) in [6.45, 7) is 1.95. The van der Waals surface area contributed by atoms with Crippen LogP contribution in [0.5, 0.6) is 0 Å². The Morgan fingerprint density at radius 3 is 2.54 bits per heavy atom. The van der Waals surface area contributed by atoms with Crippen LogP contribution in [0.3, 0.4) is 0 Å². The average Bonchev–Trinajstić information content (AvgIpc) is 2.53. The maximum atomic E-state index is 4.44. The van der Waals surface area contributed by atoms with Crippen LogP contribution in [0.2, 0.25) is 0 Å². The summed E-state index contributed by atoms with van der Waals surface area (Å²) in [6, 6.07) is 8.27. The van der Waals surface area contributed by atoms with Gasteiger partial charge in [-0.15, -0.1) is 0 Å². The van der Waals surface area contributed by atoms with Gasteiger partial charge in [0, 0.05) is 23.6 Å². The van der Waals surface area contributed by atoms with Crippen LogP contribution in [-0.2, 0) is 0 Å². The number of amidine groups is 1. The van der Waals surface area contributed by atoms with Gasteiger partial charge in [0.25, 0.3) is 0 Å². The number of halogens is 1. The molecule has 0 spiro atoms. The molecule has 0 amide bonds. The molecule has 3 heteroatoms. The van der Waals surface area contributed by atoms with Gasteiger partial charge in [-0.2, -0.15) is 0 Å². The number of rotatable bonds is 1. The Labute approximate surface area is 86.4 Å². The van der Waals surface area contributed by atoms with Gasteiger partial charge < -0.3 is 4.90 Å². The molecular formula is C10H11BrN2. The second-order valence-corrected chi connectivity index (χ2v) is 4.05. The molecule has 0 unspecified atom stereocenters. The first-order valence-corrected chi connectivity index (χ1v) is 5.08. The lowest BCUT2D eigenvalue weighted by atomic mass is 10.2. The molecule has 1 aliphatic rings. The highest BCUT2D eigenvalue weighted by atomic mass is 79.9. The van der Waals surface area contributed by atoms with E-state index in [2.05, 4.69) is 45.0 Å². The standard InChI is InChI=1S/C10H11BrN2/c1-13-7-6-12-10(13)8-2-4-9(11)5-3-8/h2-5H,6-7H2,1H3. The lowest BCUT2D eigenvalue weighted by Gasteiger charge is -2.13. The van der Waals surface area contributed by atoms with E-state index in [9.17, 15) is 0 Å². The third-order valence-corrected chi connectivity index (χ3v) is 2.69. The Morgan fingerprint density at radius 1 is 1.31 bits per heavy atom. The second kappa shape index (κ2) is 3.50. The first-order valence-electron chi connectivity index (χ1n) is 4.29. The molecule has 68 valence electrons. The summed E-state index contributed by atoms with van der Waals surface area (Å²) in [5.74, 6) is 1.10. The van der Waals surface area contributed by atoms with E-state index in [4.69, 9.17) is 0 Å². The maximum absolute atomic E-state index is 4.44. The SMILES string of the molecule is CN1CCN=C1c1ccc(Br)cc1. The van der Waals surface area contributed by atoms with Crippen LogP contribution in [0.15, 0.2) is 33.7 Å². The van der Waals surface area contributed by atoms with Crippen LogP contribution in [0, 0.1) is 0 Å². The highest BCUT2D eigenvalue weighted by Gasteiger charge is 2.13. The van der Waals surface area contributed by atoms with Gasteiger partial charge in [0.2, 0.25) is 0 Å². The molecule has 0 saturated carbocycles. The number of nitrogens with zero attached hydrogens (tertiary/aromatic N) is 2. The zero-order valence-corrected chi connectivity index (χ0v) is 9.08. The van der Waals surface area contributed by atoms with E-state index >= 15 is 0 Å². The number of hydrogen-bond acceptors (Lipinski definition) is 2. The molecule has 1 aromatic carbocycles. The summed E-state index contributed by atoms with van der Waals surface area (Å²) in [6.07, 6.45) is 0. The van der Waals surface area contributed by atoms with Crippen LogP contribution in [0.4, 0.5) is 0 Å². The van der Waals surface area contributed by atoms with E-state index in [0.717, 1.165) is 23.4 Å². The summed E-state index contributed by atoms with van der Waals surface area (Å²) >= 11 is 3.42. The Bertz CT molecular complexity index is 329. The molecule has 1 aliphatic heterocycles. The molecule has 0 aliphatic carbocycles. The zero-order valence-electron chi connectivity index (χ0n) is 7.50. The highest BCUT2D eigenvalue weighted by molar-refractivity contribution is 9.10. The molecule has 13 heavy (non-hydrogen) atoms. The van der Waals surface area contributed by atoms with Crippen LogP contribution in [-0.4, -0.2) is 30.9 Å². The van der Waals surface area contributed by atoms with Gasteiger partial charge in [-0.1, -0.05) is 28.1 Å².